The highest BCUT2D eigenvalue weighted by Gasteiger charge is 2.26. The molecule has 3 aromatic heterocycles. The highest BCUT2D eigenvalue weighted by molar-refractivity contribution is 5.81. The fraction of sp³-hybridized carbons (Fsp3) is 0.600. The van der Waals surface area contributed by atoms with Gasteiger partial charge >= 0.3 is 0 Å². The number of aliphatic hydroxyl groups excluding tert-OH is 1. The summed E-state index contributed by atoms with van der Waals surface area (Å²) in [7, 11) is 1.67. The molecule has 11 nitrogen and oxygen atoms in total. The van der Waals surface area contributed by atoms with Crippen molar-refractivity contribution in [2.24, 2.45) is 0 Å². The third kappa shape index (κ3) is 5.53. The third-order valence-corrected chi connectivity index (χ3v) is 7.00. The minimum absolute atomic E-state index is 0.0657. The Morgan fingerprint density at radius 1 is 1.28 bits per heavy atom. The summed E-state index contributed by atoms with van der Waals surface area (Å²) in [5.74, 6) is 0.755. The van der Waals surface area contributed by atoms with Crippen molar-refractivity contribution in [1.29, 1.82) is 0 Å². The Balaban J connectivity index is 1.42. The lowest BCUT2D eigenvalue weighted by Gasteiger charge is -2.25. The zero-order valence-electron chi connectivity index (χ0n) is 20.9. The van der Waals surface area contributed by atoms with Crippen LogP contribution in [0.25, 0.3) is 16.6 Å². The van der Waals surface area contributed by atoms with Gasteiger partial charge in [0.05, 0.1) is 43.3 Å². The number of methoxy groups -OCH3 is 1. The van der Waals surface area contributed by atoms with Gasteiger partial charge in [0.1, 0.15) is 6.54 Å². The van der Waals surface area contributed by atoms with E-state index in [4.69, 9.17) is 14.6 Å². The van der Waals surface area contributed by atoms with E-state index < -0.39 is 0 Å². The highest BCUT2D eigenvalue weighted by atomic mass is 16.5. The van der Waals surface area contributed by atoms with Crippen LogP contribution in [0.15, 0.2) is 24.7 Å². The van der Waals surface area contributed by atoms with Crippen LogP contribution in [0.4, 0.5) is 5.95 Å². The lowest BCUT2D eigenvalue weighted by Crippen LogP contribution is -2.37. The van der Waals surface area contributed by atoms with E-state index in [2.05, 4.69) is 26.8 Å². The first kappa shape index (κ1) is 24.7. The molecule has 1 saturated heterocycles. The number of amides is 1. The average molecular weight is 498 g/mol. The molecule has 1 saturated carbocycles. The van der Waals surface area contributed by atoms with Gasteiger partial charge in [-0.05, 0) is 45.1 Å². The molecule has 1 amide bonds. The summed E-state index contributed by atoms with van der Waals surface area (Å²) >= 11 is 0. The maximum absolute atomic E-state index is 12.4. The van der Waals surface area contributed by atoms with Crippen molar-refractivity contribution in [1.82, 2.24) is 29.7 Å². The molecular formula is C25H35N7O4. The van der Waals surface area contributed by atoms with E-state index in [-0.39, 0.29) is 30.6 Å². The number of fused-ring (bicyclic) bond motifs is 1. The first-order valence-electron chi connectivity index (χ1n) is 12.7. The molecule has 0 spiro atoms. The van der Waals surface area contributed by atoms with Crippen LogP contribution < -0.4 is 10.6 Å². The fourth-order valence-corrected chi connectivity index (χ4v) is 5.14. The molecule has 0 bridgehead atoms. The van der Waals surface area contributed by atoms with E-state index in [1.807, 2.05) is 23.8 Å². The Labute approximate surface area is 210 Å². The van der Waals surface area contributed by atoms with Crippen LogP contribution in [0.2, 0.25) is 0 Å². The predicted octanol–water partition coefficient (Wildman–Crippen LogP) is 1.96. The second kappa shape index (κ2) is 10.9. The molecule has 3 aromatic rings. The van der Waals surface area contributed by atoms with E-state index in [1.54, 1.807) is 18.0 Å². The molecule has 11 heteroatoms. The SMILES string of the molecule is COC[C@H](C)Nc1ncc2c(-c3cnn(CC(=O)N[C@@H]4CCOC4)c3)cc(C3CCC(O)CC3)n2n1. The maximum Gasteiger partial charge on any atom is 0.242 e. The second-order valence-corrected chi connectivity index (χ2v) is 9.92. The number of carbonyl (C=O) groups excluding carboxylic acids is 1. The van der Waals surface area contributed by atoms with Crippen LogP contribution in [0, 0.1) is 0 Å². The summed E-state index contributed by atoms with van der Waals surface area (Å²) in [6.07, 6.45) is 9.50. The number of nitrogens with one attached hydrogen (secondary N) is 2. The van der Waals surface area contributed by atoms with Gasteiger partial charge in [-0.1, -0.05) is 0 Å². The van der Waals surface area contributed by atoms with Gasteiger partial charge in [-0.15, -0.1) is 5.10 Å². The van der Waals surface area contributed by atoms with E-state index >= 15 is 0 Å². The summed E-state index contributed by atoms with van der Waals surface area (Å²) in [4.78, 5) is 17.0. The molecule has 1 aliphatic carbocycles. The van der Waals surface area contributed by atoms with Crippen LogP contribution in [0.1, 0.15) is 50.6 Å². The molecule has 1 aliphatic heterocycles. The van der Waals surface area contributed by atoms with Gasteiger partial charge in [0, 0.05) is 48.7 Å². The van der Waals surface area contributed by atoms with E-state index in [0.717, 1.165) is 54.4 Å². The Hall–Kier alpha value is -3.02. The van der Waals surface area contributed by atoms with Crippen molar-refractivity contribution >= 4 is 17.4 Å². The first-order chi connectivity index (χ1) is 17.5. The number of nitrogens with zero attached hydrogens (tertiary/aromatic N) is 5. The Bertz CT molecular complexity index is 1180. The first-order valence-corrected chi connectivity index (χ1v) is 12.7. The molecule has 5 rings (SSSR count). The molecule has 2 fully saturated rings. The molecule has 3 N–H and O–H groups in total. The topological polar surface area (TPSA) is 128 Å². The molecule has 194 valence electrons. The number of carbonyl (C=O) groups is 1. The average Bonchev–Trinajstić information content (AvgIpc) is 3.60. The summed E-state index contributed by atoms with van der Waals surface area (Å²) in [6.45, 7) is 3.97. The number of anilines is 1. The van der Waals surface area contributed by atoms with Crippen molar-refractivity contribution in [2.75, 3.05) is 32.2 Å². The van der Waals surface area contributed by atoms with Gasteiger partial charge in [0.25, 0.3) is 0 Å². The third-order valence-electron chi connectivity index (χ3n) is 7.00. The zero-order valence-corrected chi connectivity index (χ0v) is 20.9. The van der Waals surface area contributed by atoms with Gasteiger partial charge in [-0.2, -0.15) is 5.10 Å². The Morgan fingerprint density at radius 3 is 2.86 bits per heavy atom. The molecule has 0 aromatic carbocycles. The van der Waals surface area contributed by atoms with E-state index in [9.17, 15) is 9.90 Å². The van der Waals surface area contributed by atoms with Crippen LogP contribution in [0.5, 0.6) is 0 Å². The predicted molar refractivity (Wildman–Crippen MR) is 134 cm³/mol. The highest BCUT2D eigenvalue weighted by Crippen LogP contribution is 2.37. The lowest BCUT2D eigenvalue weighted by atomic mass is 9.85. The Kier molecular flexibility index (Phi) is 7.49. The number of hydrogen-bond acceptors (Lipinski definition) is 8. The molecule has 0 unspecified atom stereocenters. The number of hydrogen-bond donors (Lipinski definition) is 3. The van der Waals surface area contributed by atoms with Crippen molar-refractivity contribution in [3.8, 4) is 11.1 Å². The van der Waals surface area contributed by atoms with Gasteiger partial charge in [-0.25, -0.2) is 9.50 Å². The standard InChI is InChI=1S/C25H35N7O4/c1-16(14-35-2)28-25-26-11-23-21(9-22(32(23)30-25)17-3-5-20(33)6-4-17)18-10-27-31(12-18)13-24(34)29-19-7-8-36-15-19/h9-12,16-17,19-20,33H,3-8,13-15H2,1-2H3,(H,28,30)(H,29,34)/t16-,17?,19+,20?/m0/s1. The van der Waals surface area contributed by atoms with Crippen LogP contribution >= 0.6 is 0 Å². The van der Waals surface area contributed by atoms with Gasteiger partial charge in [0.15, 0.2) is 0 Å². The summed E-state index contributed by atoms with van der Waals surface area (Å²) in [6, 6.07) is 2.30. The molecular weight excluding hydrogens is 462 g/mol. The van der Waals surface area contributed by atoms with E-state index in [0.29, 0.717) is 31.7 Å². The Morgan fingerprint density at radius 2 is 2.11 bits per heavy atom. The van der Waals surface area contributed by atoms with Crippen molar-refractivity contribution < 1.29 is 19.4 Å². The van der Waals surface area contributed by atoms with Gasteiger partial charge in [0.2, 0.25) is 11.9 Å². The second-order valence-electron chi connectivity index (χ2n) is 9.92. The number of aliphatic hydroxyl groups is 1. The summed E-state index contributed by atoms with van der Waals surface area (Å²) < 4.78 is 14.2. The summed E-state index contributed by atoms with van der Waals surface area (Å²) in [5.41, 5.74) is 3.86. The zero-order chi connectivity index (χ0) is 25.1. The quantitative estimate of drug-likeness (QED) is 0.409. The van der Waals surface area contributed by atoms with Crippen LogP contribution in [-0.4, -0.2) is 80.5 Å². The molecule has 2 atom stereocenters. The number of aromatic nitrogens is 5. The lowest BCUT2D eigenvalue weighted by molar-refractivity contribution is -0.122. The molecule has 2 aliphatic rings. The molecule has 36 heavy (non-hydrogen) atoms. The van der Waals surface area contributed by atoms with Crippen LogP contribution in [0.3, 0.4) is 0 Å². The summed E-state index contributed by atoms with van der Waals surface area (Å²) in [5, 5.41) is 25.6. The minimum atomic E-state index is -0.228. The molecule has 0 radical (unpaired) electrons. The smallest absolute Gasteiger partial charge is 0.242 e. The van der Waals surface area contributed by atoms with Crippen molar-refractivity contribution in [3.63, 3.8) is 0 Å². The normalized spacial score (nSPS) is 23.1. The minimum Gasteiger partial charge on any atom is -0.393 e. The molecule has 4 heterocycles. The fourth-order valence-electron chi connectivity index (χ4n) is 5.14. The van der Waals surface area contributed by atoms with Gasteiger partial charge < -0.3 is 25.2 Å². The van der Waals surface area contributed by atoms with Crippen molar-refractivity contribution in [2.45, 2.75) is 69.7 Å². The maximum atomic E-state index is 12.4. The van der Waals surface area contributed by atoms with E-state index in [1.165, 1.54) is 0 Å². The number of rotatable bonds is 9. The monoisotopic (exact) mass is 497 g/mol. The largest absolute Gasteiger partial charge is 0.393 e. The van der Waals surface area contributed by atoms with Crippen molar-refractivity contribution in [3.05, 3.63) is 30.4 Å². The van der Waals surface area contributed by atoms with Gasteiger partial charge in [-0.3, -0.25) is 9.48 Å². The van der Waals surface area contributed by atoms with Crippen LogP contribution in [-0.2, 0) is 20.8 Å². The number of ether oxygens (including phenoxy) is 2.